The van der Waals surface area contributed by atoms with Crippen LogP contribution in [0.25, 0.3) is 0 Å². The van der Waals surface area contributed by atoms with Crippen molar-refractivity contribution in [3.8, 4) is 0 Å². The number of hydrogen-bond acceptors (Lipinski definition) is 6. The van der Waals surface area contributed by atoms with E-state index in [1.54, 1.807) is 24.3 Å². The van der Waals surface area contributed by atoms with Crippen LogP contribution < -0.4 is 11.1 Å². The number of aliphatic hydroxyl groups is 2. The summed E-state index contributed by atoms with van der Waals surface area (Å²) in [6, 6.07) is 12.4. The van der Waals surface area contributed by atoms with Crippen LogP contribution in [0.5, 0.6) is 0 Å². The predicted molar refractivity (Wildman–Crippen MR) is 172 cm³/mol. The van der Waals surface area contributed by atoms with Gasteiger partial charge in [0.15, 0.2) is 0 Å². The molecule has 4 aliphatic rings. The quantitative estimate of drug-likeness (QED) is 0.263. The molecular weight excluding hydrogens is 572 g/mol. The second-order valence-electron chi connectivity index (χ2n) is 15.0. The summed E-state index contributed by atoms with van der Waals surface area (Å²) in [7, 11) is -3.67. The van der Waals surface area contributed by atoms with Crippen molar-refractivity contribution in [2.24, 2.45) is 46.3 Å². The minimum Gasteiger partial charge on any atom is -0.399 e. The van der Waals surface area contributed by atoms with Crippen LogP contribution in [0, 0.1) is 46.3 Å². The maximum Gasteiger partial charge on any atom is 0.224 e. The van der Waals surface area contributed by atoms with Gasteiger partial charge in [0.2, 0.25) is 15.7 Å². The van der Waals surface area contributed by atoms with E-state index in [4.69, 9.17) is 5.73 Å². The Bertz CT molecular complexity index is 1460. The number of amides is 1. The van der Waals surface area contributed by atoms with E-state index in [9.17, 15) is 23.4 Å². The Kier molecular flexibility index (Phi) is 8.42. The summed E-state index contributed by atoms with van der Waals surface area (Å²) in [4.78, 5) is 13.3. The van der Waals surface area contributed by atoms with Gasteiger partial charge >= 0.3 is 0 Å². The van der Waals surface area contributed by atoms with Gasteiger partial charge in [0.25, 0.3) is 0 Å². The molecule has 4 fully saturated rings. The van der Waals surface area contributed by atoms with Crippen LogP contribution in [0.2, 0.25) is 0 Å². The maximum absolute atomic E-state index is 13.0. The number of nitrogens with two attached hydrogens (primary N) is 1. The fourth-order valence-electron chi connectivity index (χ4n) is 10.4. The Morgan fingerprint density at radius 3 is 2.27 bits per heavy atom. The predicted octanol–water partition coefficient (Wildman–Crippen LogP) is 6.45. The molecule has 0 unspecified atom stereocenters. The average molecular weight is 623 g/mol. The molecule has 0 radical (unpaired) electrons. The van der Waals surface area contributed by atoms with Gasteiger partial charge in [0, 0.05) is 17.8 Å². The zero-order valence-electron chi connectivity index (χ0n) is 26.4. The Hall–Kier alpha value is -2.42. The zero-order chi connectivity index (χ0) is 31.4. The highest BCUT2D eigenvalue weighted by Crippen LogP contribution is 2.68. The van der Waals surface area contributed by atoms with E-state index in [-0.39, 0.29) is 38.7 Å². The Morgan fingerprint density at radius 1 is 0.932 bits per heavy atom. The molecule has 0 bridgehead atoms. The molecule has 6 rings (SSSR count). The summed E-state index contributed by atoms with van der Waals surface area (Å²) < 4.78 is 25.9. The molecule has 10 atom stereocenters. The van der Waals surface area contributed by atoms with Crippen molar-refractivity contribution in [2.75, 3.05) is 11.1 Å². The van der Waals surface area contributed by atoms with Crippen molar-refractivity contribution in [1.82, 2.24) is 0 Å². The van der Waals surface area contributed by atoms with Crippen molar-refractivity contribution in [3.05, 3.63) is 48.5 Å². The molecular formula is C36H50N2O5S. The van der Waals surface area contributed by atoms with Crippen molar-refractivity contribution < 1.29 is 23.4 Å². The lowest BCUT2D eigenvalue weighted by atomic mass is 9.43. The van der Waals surface area contributed by atoms with E-state index in [0.29, 0.717) is 53.3 Å². The summed E-state index contributed by atoms with van der Waals surface area (Å²) in [6.45, 7) is 7.05. The van der Waals surface area contributed by atoms with E-state index in [2.05, 4.69) is 26.1 Å². The summed E-state index contributed by atoms with van der Waals surface area (Å²) in [5.74, 6) is 2.88. The highest BCUT2D eigenvalue weighted by Gasteiger charge is 2.63. The largest absolute Gasteiger partial charge is 0.399 e. The zero-order valence-corrected chi connectivity index (χ0v) is 27.2. The molecule has 44 heavy (non-hydrogen) atoms. The molecule has 2 aromatic rings. The van der Waals surface area contributed by atoms with Crippen molar-refractivity contribution in [1.29, 1.82) is 0 Å². The number of nitrogens with one attached hydrogen (secondary N) is 1. The van der Waals surface area contributed by atoms with Gasteiger partial charge < -0.3 is 21.3 Å². The van der Waals surface area contributed by atoms with Gasteiger partial charge in [-0.1, -0.05) is 20.8 Å². The highest BCUT2D eigenvalue weighted by atomic mass is 32.2. The van der Waals surface area contributed by atoms with Gasteiger partial charge in [-0.3, -0.25) is 4.79 Å². The van der Waals surface area contributed by atoms with Crippen LogP contribution in [0.3, 0.4) is 0 Å². The third kappa shape index (κ3) is 5.39. The van der Waals surface area contributed by atoms with E-state index in [1.807, 2.05) is 0 Å². The van der Waals surface area contributed by atoms with Crippen molar-refractivity contribution in [2.45, 2.75) is 107 Å². The fraction of sp³-hybridized carbons (Fsp3) is 0.639. The number of sulfone groups is 1. The van der Waals surface area contributed by atoms with E-state index in [0.717, 1.165) is 44.9 Å². The minimum absolute atomic E-state index is 0.0827. The smallest absolute Gasteiger partial charge is 0.224 e. The van der Waals surface area contributed by atoms with Gasteiger partial charge in [-0.25, -0.2) is 8.42 Å². The molecule has 2 aromatic carbocycles. The molecule has 240 valence electrons. The number of anilines is 2. The second kappa shape index (κ2) is 11.7. The van der Waals surface area contributed by atoms with Crippen LogP contribution >= 0.6 is 0 Å². The lowest BCUT2D eigenvalue weighted by Gasteiger charge is -2.62. The Morgan fingerprint density at radius 2 is 1.59 bits per heavy atom. The normalized spacial score (nSPS) is 37.3. The number of benzene rings is 2. The molecule has 0 spiro atoms. The molecule has 4 saturated carbocycles. The van der Waals surface area contributed by atoms with Crippen LogP contribution in [-0.4, -0.2) is 36.7 Å². The average Bonchev–Trinajstić information content (AvgIpc) is 3.36. The van der Waals surface area contributed by atoms with Gasteiger partial charge in [0.05, 0.1) is 22.0 Å². The highest BCUT2D eigenvalue weighted by molar-refractivity contribution is 7.91. The summed E-state index contributed by atoms with van der Waals surface area (Å²) >= 11 is 0. The van der Waals surface area contributed by atoms with E-state index >= 15 is 0 Å². The number of hydrogen-bond donors (Lipinski definition) is 4. The van der Waals surface area contributed by atoms with Crippen LogP contribution in [-0.2, 0) is 14.6 Å². The van der Waals surface area contributed by atoms with Gasteiger partial charge in [-0.05, 0) is 153 Å². The number of rotatable bonds is 7. The number of nitrogen functional groups attached to an aromatic ring is 1. The van der Waals surface area contributed by atoms with Crippen molar-refractivity contribution >= 4 is 27.1 Å². The first kappa shape index (κ1) is 31.6. The molecule has 0 aliphatic heterocycles. The third-order valence-corrected chi connectivity index (χ3v) is 14.8. The monoisotopic (exact) mass is 622 g/mol. The lowest BCUT2D eigenvalue weighted by Crippen LogP contribution is -2.58. The molecule has 4 aliphatic carbocycles. The SMILES string of the molecule is C[C@H](CCC(=O)Nc1ccc(S(=O)(=O)c2ccc(N)cc2)cc1)[C@H]1CC[C@H]2[C@@H]3CC[C@H]4C[C@@H](O)CC[C@]4(C)[C@H]3C[C@@H](O)[C@]12C. The Labute approximate surface area is 262 Å². The van der Waals surface area contributed by atoms with Gasteiger partial charge in [-0.2, -0.15) is 0 Å². The summed E-state index contributed by atoms with van der Waals surface area (Å²) in [6.07, 6.45) is 9.08. The minimum atomic E-state index is -3.67. The lowest BCUT2D eigenvalue weighted by molar-refractivity contribution is -0.174. The Balaban J connectivity index is 1.06. The molecule has 0 aromatic heterocycles. The molecule has 0 heterocycles. The fourth-order valence-corrected chi connectivity index (χ4v) is 11.7. The standard InChI is InChI=1S/C36H50N2O5S/c1-22(4-17-34(41)38-25-8-12-28(13-9-25)44(42,43)27-10-6-24(37)7-11-27)30-15-16-31-29-14-5-23-20-26(39)18-19-35(23,2)32(29)21-33(40)36(30,31)3/h6-13,22-23,26,29-33,39-40H,4-5,14-21,37H2,1-3H3,(H,38,41)/t22-,23+,26+,29+,30-,31+,32+,33-,35+,36-/m1/s1. The topological polar surface area (TPSA) is 130 Å². The molecule has 1 amide bonds. The number of aliphatic hydroxyl groups excluding tert-OH is 2. The number of carbonyl (C=O) groups excluding carboxylic acids is 1. The molecule has 7 nitrogen and oxygen atoms in total. The van der Waals surface area contributed by atoms with Gasteiger partial charge in [0.1, 0.15) is 0 Å². The third-order valence-electron chi connectivity index (χ3n) is 13.0. The van der Waals surface area contributed by atoms with E-state index < -0.39 is 9.84 Å². The molecule has 0 saturated heterocycles. The maximum atomic E-state index is 13.0. The summed E-state index contributed by atoms with van der Waals surface area (Å²) in [5.41, 5.74) is 6.86. The molecule has 5 N–H and O–H groups in total. The van der Waals surface area contributed by atoms with Gasteiger partial charge in [-0.15, -0.1) is 0 Å². The van der Waals surface area contributed by atoms with E-state index in [1.165, 1.54) is 37.1 Å². The van der Waals surface area contributed by atoms with Crippen LogP contribution in [0.1, 0.15) is 85.0 Å². The number of carbonyl (C=O) groups is 1. The first-order valence-corrected chi connectivity index (χ1v) is 18.2. The van der Waals surface area contributed by atoms with Crippen molar-refractivity contribution in [3.63, 3.8) is 0 Å². The first-order chi connectivity index (χ1) is 20.8. The molecule has 8 heteroatoms. The summed E-state index contributed by atoms with van der Waals surface area (Å²) in [5, 5.41) is 25.1. The number of fused-ring (bicyclic) bond motifs is 5. The van der Waals surface area contributed by atoms with Crippen LogP contribution in [0.15, 0.2) is 58.3 Å². The first-order valence-electron chi connectivity index (χ1n) is 16.7. The second-order valence-corrected chi connectivity index (χ2v) is 17.0. The van der Waals surface area contributed by atoms with Crippen LogP contribution in [0.4, 0.5) is 11.4 Å².